The summed E-state index contributed by atoms with van der Waals surface area (Å²) < 4.78 is 0. The van der Waals surface area contributed by atoms with Crippen LogP contribution in [0, 0.1) is 5.92 Å². The van der Waals surface area contributed by atoms with Crippen molar-refractivity contribution in [2.24, 2.45) is 11.7 Å². The van der Waals surface area contributed by atoms with E-state index in [0.717, 1.165) is 12.8 Å². The van der Waals surface area contributed by atoms with Gasteiger partial charge in [0.25, 0.3) is 0 Å². The average molecular weight is 242 g/mol. The van der Waals surface area contributed by atoms with Gasteiger partial charge in [-0.25, -0.2) is 4.79 Å². The van der Waals surface area contributed by atoms with Crippen LogP contribution < -0.4 is 5.73 Å². The van der Waals surface area contributed by atoms with Crippen LogP contribution in [0.3, 0.4) is 0 Å². The van der Waals surface area contributed by atoms with Crippen molar-refractivity contribution in [3.8, 4) is 0 Å². The molecule has 3 N–H and O–H groups in total. The van der Waals surface area contributed by atoms with Gasteiger partial charge in [-0.15, -0.1) is 0 Å². The van der Waals surface area contributed by atoms with Crippen molar-refractivity contribution in [1.29, 1.82) is 0 Å². The first-order chi connectivity index (χ1) is 7.93. The summed E-state index contributed by atoms with van der Waals surface area (Å²) in [5.41, 5.74) is 5.83. The predicted octanol–water partition coefficient (Wildman–Crippen LogP) is 0.825. The molecule has 0 bridgehead atoms. The zero-order valence-electron chi connectivity index (χ0n) is 10.6. The maximum atomic E-state index is 12.1. The minimum Gasteiger partial charge on any atom is -0.480 e. The molecule has 0 aromatic heterocycles. The first-order valence-corrected chi connectivity index (χ1v) is 6.22. The topological polar surface area (TPSA) is 83.6 Å². The predicted molar refractivity (Wildman–Crippen MR) is 64.4 cm³/mol. The molecule has 1 fully saturated rings. The Kier molecular flexibility index (Phi) is 4.93. The van der Waals surface area contributed by atoms with Crippen LogP contribution >= 0.6 is 0 Å². The van der Waals surface area contributed by atoms with E-state index in [4.69, 9.17) is 10.8 Å². The van der Waals surface area contributed by atoms with E-state index >= 15 is 0 Å². The zero-order chi connectivity index (χ0) is 13.0. The lowest BCUT2D eigenvalue weighted by atomic mass is 9.98. The summed E-state index contributed by atoms with van der Waals surface area (Å²) in [5.74, 6) is -0.803. The number of hydrogen-bond acceptors (Lipinski definition) is 3. The average Bonchev–Trinajstić information content (AvgIpc) is 2.27. The molecule has 0 aromatic carbocycles. The molecule has 2 atom stereocenters. The second-order valence-corrected chi connectivity index (χ2v) is 5.12. The number of carbonyl (C=O) groups is 2. The van der Waals surface area contributed by atoms with Gasteiger partial charge in [-0.2, -0.15) is 0 Å². The SMILES string of the molecule is CC(C)C[C@@H](N)C(=O)N1CCCC[C@@H]1C(=O)O. The summed E-state index contributed by atoms with van der Waals surface area (Å²) in [4.78, 5) is 24.6. The molecule has 5 heteroatoms. The summed E-state index contributed by atoms with van der Waals surface area (Å²) in [5, 5.41) is 9.09. The Balaban J connectivity index is 2.67. The molecule has 0 spiro atoms. The van der Waals surface area contributed by atoms with E-state index < -0.39 is 18.1 Å². The van der Waals surface area contributed by atoms with Crippen molar-refractivity contribution in [2.45, 2.75) is 51.6 Å². The monoisotopic (exact) mass is 242 g/mol. The van der Waals surface area contributed by atoms with Crippen LogP contribution in [0.5, 0.6) is 0 Å². The van der Waals surface area contributed by atoms with Crippen LogP contribution in [0.15, 0.2) is 0 Å². The summed E-state index contributed by atoms with van der Waals surface area (Å²) >= 11 is 0. The summed E-state index contributed by atoms with van der Waals surface area (Å²) in [6, 6.07) is -1.26. The fourth-order valence-corrected chi connectivity index (χ4v) is 2.27. The van der Waals surface area contributed by atoms with Gasteiger partial charge >= 0.3 is 5.97 Å². The molecule has 98 valence electrons. The molecule has 1 aliphatic heterocycles. The Morgan fingerprint density at radius 2 is 2.06 bits per heavy atom. The highest BCUT2D eigenvalue weighted by atomic mass is 16.4. The van der Waals surface area contributed by atoms with Crippen LogP contribution in [-0.2, 0) is 9.59 Å². The number of piperidine rings is 1. The zero-order valence-corrected chi connectivity index (χ0v) is 10.6. The summed E-state index contributed by atoms with van der Waals surface area (Å²) in [6.45, 7) is 4.51. The van der Waals surface area contributed by atoms with Crippen LogP contribution in [0.25, 0.3) is 0 Å². The molecule has 1 rings (SSSR count). The number of nitrogens with two attached hydrogens (primary N) is 1. The van der Waals surface area contributed by atoms with E-state index in [9.17, 15) is 9.59 Å². The minimum absolute atomic E-state index is 0.217. The van der Waals surface area contributed by atoms with Crippen molar-refractivity contribution < 1.29 is 14.7 Å². The molecule has 0 saturated carbocycles. The third-order valence-electron chi connectivity index (χ3n) is 3.11. The molecule has 1 saturated heterocycles. The van der Waals surface area contributed by atoms with Gasteiger partial charge in [-0.05, 0) is 31.6 Å². The van der Waals surface area contributed by atoms with Gasteiger partial charge in [0.2, 0.25) is 5.91 Å². The van der Waals surface area contributed by atoms with Crippen molar-refractivity contribution in [3.63, 3.8) is 0 Å². The number of rotatable bonds is 4. The number of hydrogen-bond donors (Lipinski definition) is 2. The minimum atomic E-state index is -0.921. The third-order valence-corrected chi connectivity index (χ3v) is 3.11. The first-order valence-electron chi connectivity index (χ1n) is 6.22. The van der Waals surface area contributed by atoms with E-state index in [2.05, 4.69) is 0 Å². The van der Waals surface area contributed by atoms with E-state index in [0.29, 0.717) is 25.3 Å². The number of aliphatic carboxylic acids is 1. The van der Waals surface area contributed by atoms with Crippen molar-refractivity contribution in [3.05, 3.63) is 0 Å². The van der Waals surface area contributed by atoms with Gasteiger partial charge in [-0.3, -0.25) is 4.79 Å². The molecular formula is C12H22N2O3. The van der Waals surface area contributed by atoms with E-state index in [1.807, 2.05) is 13.8 Å². The highest BCUT2D eigenvalue weighted by Gasteiger charge is 2.34. The second kappa shape index (κ2) is 6.00. The lowest BCUT2D eigenvalue weighted by Gasteiger charge is -2.34. The van der Waals surface area contributed by atoms with Gasteiger partial charge in [0, 0.05) is 6.54 Å². The Labute approximate surface area is 102 Å². The third kappa shape index (κ3) is 3.70. The molecule has 1 amide bonds. The van der Waals surface area contributed by atoms with Crippen LogP contribution in [0.4, 0.5) is 0 Å². The Morgan fingerprint density at radius 1 is 1.41 bits per heavy atom. The van der Waals surface area contributed by atoms with Crippen molar-refractivity contribution in [2.75, 3.05) is 6.54 Å². The van der Waals surface area contributed by atoms with E-state index in [1.165, 1.54) is 4.90 Å². The van der Waals surface area contributed by atoms with Gasteiger partial charge in [-0.1, -0.05) is 13.8 Å². The molecule has 0 aliphatic carbocycles. The Morgan fingerprint density at radius 3 is 2.59 bits per heavy atom. The number of likely N-dealkylation sites (tertiary alicyclic amines) is 1. The van der Waals surface area contributed by atoms with Crippen LogP contribution in [0.1, 0.15) is 39.5 Å². The maximum absolute atomic E-state index is 12.1. The van der Waals surface area contributed by atoms with E-state index in [-0.39, 0.29) is 5.91 Å². The molecule has 1 heterocycles. The van der Waals surface area contributed by atoms with Crippen LogP contribution in [-0.4, -0.2) is 40.5 Å². The van der Waals surface area contributed by atoms with Crippen molar-refractivity contribution >= 4 is 11.9 Å². The quantitative estimate of drug-likeness (QED) is 0.764. The number of carbonyl (C=O) groups excluding carboxylic acids is 1. The Hall–Kier alpha value is -1.10. The normalized spacial score (nSPS) is 22.6. The van der Waals surface area contributed by atoms with Gasteiger partial charge in [0.1, 0.15) is 6.04 Å². The van der Waals surface area contributed by atoms with Gasteiger partial charge in [0.05, 0.1) is 6.04 Å². The van der Waals surface area contributed by atoms with E-state index in [1.54, 1.807) is 0 Å². The molecular weight excluding hydrogens is 220 g/mol. The standard InChI is InChI=1S/C12H22N2O3/c1-8(2)7-9(13)11(15)14-6-4-3-5-10(14)12(16)17/h8-10H,3-7,13H2,1-2H3,(H,16,17)/t9-,10-/m1/s1. The molecule has 1 aliphatic rings. The molecule has 0 aromatic rings. The second-order valence-electron chi connectivity index (χ2n) is 5.12. The molecule has 5 nitrogen and oxygen atoms in total. The number of carboxylic acids is 1. The number of amides is 1. The molecule has 0 unspecified atom stereocenters. The Bertz CT molecular complexity index is 291. The highest BCUT2D eigenvalue weighted by Crippen LogP contribution is 2.19. The van der Waals surface area contributed by atoms with Gasteiger partial charge < -0.3 is 15.7 Å². The first kappa shape index (κ1) is 14.0. The number of nitrogens with zero attached hydrogens (tertiary/aromatic N) is 1. The fraction of sp³-hybridized carbons (Fsp3) is 0.833. The summed E-state index contributed by atoms with van der Waals surface area (Å²) in [6.07, 6.45) is 2.86. The maximum Gasteiger partial charge on any atom is 0.326 e. The lowest BCUT2D eigenvalue weighted by Crippen LogP contribution is -2.53. The van der Waals surface area contributed by atoms with Crippen LogP contribution in [0.2, 0.25) is 0 Å². The molecule has 17 heavy (non-hydrogen) atoms. The van der Waals surface area contributed by atoms with Crippen molar-refractivity contribution in [1.82, 2.24) is 4.90 Å². The fourth-order valence-electron chi connectivity index (χ4n) is 2.27. The smallest absolute Gasteiger partial charge is 0.326 e. The largest absolute Gasteiger partial charge is 0.480 e. The summed E-state index contributed by atoms with van der Waals surface area (Å²) in [7, 11) is 0. The molecule has 0 radical (unpaired) electrons. The number of carboxylic acid groups (broad SMARTS) is 1. The lowest BCUT2D eigenvalue weighted by molar-refractivity contribution is -0.152. The van der Waals surface area contributed by atoms with Gasteiger partial charge in [0.15, 0.2) is 0 Å². The highest BCUT2D eigenvalue weighted by molar-refractivity contribution is 5.87.